The molecule has 0 aliphatic carbocycles. The van der Waals surface area contributed by atoms with Gasteiger partial charge >= 0.3 is 12.1 Å². The minimum atomic E-state index is -4.52. The van der Waals surface area contributed by atoms with E-state index in [1.807, 2.05) is 0 Å². The SMILES string of the molecule is O=C(N[C@@]1(C(=O)O)CCSC1)[C@H]1CC(=O)N(CC(F)(F)F)C1. The fourth-order valence-corrected chi connectivity index (χ4v) is 3.87. The van der Waals surface area contributed by atoms with Gasteiger partial charge in [0.15, 0.2) is 0 Å². The predicted octanol–water partition coefficient (Wildman–Crippen LogP) is 0.474. The van der Waals surface area contributed by atoms with Gasteiger partial charge in [-0.1, -0.05) is 0 Å². The zero-order valence-corrected chi connectivity index (χ0v) is 12.3. The molecule has 0 aromatic rings. The lowest BCUT2D eigenvalue weighted by atomic mass is 9.97. The first-order valence-corrected chi connectivity index (χ1v) is 7.76. The Balaban J connectivity index is 1.99. The van der Waals surface area contributed by atoms with Crippen LogP contribution in [0.3, 0.4) is 0 Å². The molecule has 0 aromatic carbocycles. The number of alkyl halides is 3. The van der Waals surface area contributed by atoms with Crippen LogP contribution >= 0.6 is 11.8 Å². The second-order valence-electron chi connectivity index (χ2n) is 5.47. The Morgan fingerprint density at radius 3 is 2.64 bits per heavy atom. The van der Waals surface area contributed by atoms with E-state index in [1.165, 1.54) is 11.8 Å². The lowest BCUT2D eigenvalue weighted by Gasteiger charge is -2.26. The normalized spacial score (nSPS) is 29.0. The highest BCUT2D eigenvalue weighted by Crippen LogP contribution is 2.30. The molecule has 2 N–H and O–H groups in total. The number of thioether (sulfide) groups is 1. The average molecular weight is 340 g/mol. The van der Waals surface area contributed by atoms with Crippen LogP contribution in [0.2, 0.25) is 0 Å². The van der Waals surface area contributed by atoms with Gasteiger partial charge in [0.05, 0.1) is 5.92 Å². The number of nitrogens with zero attached hydrogens (tertiary/aromatic N) is 1. The lowest BCUT2D eigenvalue weighted by Crippen LogP contribution is -2.56. The van der Waals surface area contributed by atoms with Gasteiger partial charge in [0.2, 0.25) is 11.8 Å². The highest BCUT2D eigenvalue weighted by molar-refractivity contribution is 7.99. The van der Waals surface area contributed by atoms with Crippen LogP contribution in [0.4, 0.5) is 13.2 Å². The summed E-state index contributed by atoms with van der Waals surface area (Å²) in [6.07, 6.45) is -4.60. The van der Waals surface area contributed by atoms with E-state index in [2.05, 4.69) is 5.32 Å². The maximum atomic E-state index is 12.3. The van der Waals surface area contributed by atoms with Crippen LogP contribution in [0.25, 0.3) is 0 Å². The molecule has 2 amide bonds. The molecule has 22 heavy (non-hydrogen) atoms. The minimum Gasteiger partial charge on any atom is -0.479 e. The first-order valence-electron chi connectivity index (χ1n) is 6.61. The Labute approximate surface area is 128 Å². The Hall–Kier alpha value is -1.45. The number of hydrogen-bond acceptors (Lipinski definition) is 4. The molecule has 2 heterocycles. The number of aliphatic carboxylic acids is 1. The van der Waals surface area contributed by atoms with E-state index in [9.17, 15) is 32.7 Å². The Bertz CT molecular complexity index is 491. The summed E-state index contributed by atoms with van der Waals surface area (Å²) < 4.78 is 37.0. The van der Waals surface area contributed by atoms with Crippen LogP contribution in [0.5, 0.6) is 0 Å². The maximum absolute atomic E-state index is 12.3. The van der Waals surface area contributed by atoms with E-state index in [4.69, 9.17) is 0 Å². The minimum absolute atomic E-state index is 0.209. The fraction of sp³-hybridized carbons (Fsp3) is 0.750. The number of carboxylic acid groups (broad SMARTS) is 1. The van der Waals surface area contributed by atoms with Crippen molar-refractivity contribution in [1.82, 2.24) is 10.2 Å². The zero-order valence-electron chi connectivity index (χ0n) is 11.5. The summed E-state index contributed by atoms with van der Waals surface area (Å²) in [5.41, 5.74) is -1.39. The van der Waals surface area contributed by atoms with Crippen LogP contribution in [-0.4, -0.2) is 64.1 Å². The number of amides is 2. The molecular formula is C12H15F3N2O4S. The third-order valence-corrected chi connectivity index (χ3v) is 4.94. The summed E-state index contributed by atoms with van der Waals surface area (Å²) in [4.78, 5) is 35.6. The van der Waals surface area contributed by atoms with Gasteiger partial charge in [-0.3, -0.25) is 9.59 Å². The number of carbonyl (C=O) groups is 3. The molecule has 0 aromatic heterocycles. The molecule has 2 rings (SSSR count). The Morgan fingerprint density at radius 2 is 2.14 bits per heavy atom. The first kappa shape index (κ1) is 16.9. The third kappa shape index (κ3) is 3.65. The van der Waals surface area contributed by atoms with E-state index >= 15 is 0 Å². The summed E-state index contributed by atoms with van der Waals surface area (Å²) in [6.45, 7) is -1.73. The predicted molar refractivity (Wildman–Crippen MR) is 71.2 cm³/mol. The maximum Gasteiger partial charge on any atom is 0.406 e. The Kier molecular flexibility index (Phi) is 4.59. The molecule has 0 spiro atoms. The summed E-state index contributed by atoms with van der Waals surface area (Å²) in [5.74, 6) is -2.75. The zero-order chi connectivity index (χ0) is 16.5. The van der Waals surface area contributed by atoms with E-state index < -0.39 is 42.0 Å². The second-order valence-corrected chi connectivity index (χ2v) is 6.57. The van der Waals surface area contributed by atoms with Crippen LogP contribution in [0, 0.1) is 5.92 Å². The van der Waals surface area contributed by atoms with Crippen LogP contribution in [0.1, 0.15) is 12.8 Å². The van der Waals surface area contributed by atoms with Crippen LogP contribution < -0.4 is 5.32 Å². The Morgan fingerprint density at radius 1 is 1.45 bits per heavy atom. The number of likely N-dealkylation sites (tertiary alicyclic amines) is 1. The van der Waals surface area contributed by atoms with Gasteiger partial charge in [0.1, 0.15) is 12.1 Å². The van der Waals surface area contributed by atoms with Gasteiger partial charge in [0.25, 0.3) is 0 Å². The van der Waals surface area contributed by atoms with Crippen LogP contribution in [0.15, 0.2) is 0 Å². The molecule has 0 unspecified atom stereocenters. The van der Waals surface area contributed by atoms with Crippen LogP contribution in [-0.2, 0) is 14.4 Å². The van der Waals surface area contributed by atoms with Gasteiger partial charge in [-0.25, -0.2) is 4.79 Å². The standard InChI is InChI=1S/C12H15F3N2O4S/c13-12(14,15)5-17-4-7(3-8(17)18)9(19)16-11(10(20)21)1-2-22-6-11/h7H,1-6H2,(H,16,19)(H,20,21)/t7-,11-/m0/s1. The quantitative estimate of drug-likeness (QED) is 0.777. The van der Waals surface area contributed by atoms with Crippen molar-refractivity contribution < 1.29 is 32.7 Å². The molecule has 0 saturated carbocycles. The van der Waals surface area contributed by atoms with Gasteiger partial charge in [-0.15, -0.1) is 0 Å². The highest BCUT2D eigenvalue weighted by Gasteiger charge is 2.46. The number of rotatable bonds is 4. The fourth-order valence-electron chi connectivity index (χ4n) is 2.54. The molecule has 0 bridgehead atoms. The monoisotopic (exact) mass is 340 g/mol. The number of carbonyl (C=O) groups excluding carboxylic acids is 2. The van der Waals surface area contributed by atoms with Gasteiger partial charge < -0.3 is 15.3 Å². The number of carboxylic acids is 1. The average Bonchev–Trinajstić information content (AvgIpc) is 2.97. The molecule has 2 fully saturated rings. The lowest BCUT2D eigenvalue weighted by molar-refractivity contribution is -0.157. The molecule has 10 heteroatoms. The van der Waals surface area contributed by atoms with Crippen molar-refractivity contribution in [3.8, 4) is 0 Å². The summed E-state index contributed by atoms with van der Waals surface area (Å²) >= 11 is 1.38. The van der Waals surface area contributed by atoms with Crippen molar-refractivity contribution in [2.24, 2.45) is 5.92 Å². The molecule has 0 radical (unpaired) electrons. The molecule has 2 atom stereocenters. The molecule has 2 aliphatic heterocycles. The largest absolute Gasteiger partial charge is 0.479 e. The van der Waals surface area contributed by atoms with E-state index in [-0.39, 0.29) is 25.1 Å². The second kappa shape index (κ2) is 5.98. The van der Waals surface area contributed by atoms with Crippen molar-refractivity contribution in [2.75, 3.05) is 24.6 Å². The van der Waals surface area contributed by atoms with E-state index in [0.29, 0.717) is 10.7 Å². The van der Waals surface area contributed by atoms with Crippen molar-refractivity contribution in [1.29, 1.82) is 0 Å². The molecule has 2 saturated heterocycles. The smallest absolute Gasteiger partial charge is 0.406 e. The molecule has 2 aliphatic rings. The first-order chi connectivity index (χ1) is 10.1. The van der Waals surface area contributed by atoms with Crippen molar-refractivity contribution in [2.45, 2.75) is 24.6 Å². The molecule has 6 nitrogen and oxygen atoms in total. The van der Waals surface area contributed by atoms with Gasteiger partial charge in [-0.2, -0.15) is 24.9 Å². The number of nitrogens with one attached hydrogen (secondary N) is 1. The van der Waals surface area contributed by atoms with Gasteiger partial charge in [-0.05, 0) is 12.2 Å². The number of halogens is 3. The van der Waals surface area contributed by atoms with Crippen molar-refractivity contribution in [3.63, 3.8) is 0 Å². The third-order valence-electron chi connectivity index (χ3n) is 3.75. The van der Waals surface area contributed by atoms with Gasteiger partial charge in [0, 0.05) is 18.7 Å². The van der Waals surface area contributed by atoms with E-state index in [1.54, 1.807) is 0 Å². The highest BCUT2D eigenvalue weighted by atomic mass is 32.2. The summed E-state index contributed by atoms with van der Waals surface area (Å²) in [6, 6.07) is 0. The van der Waals surface area contributed by atoms with Crippen molar-refractivity contribution >= 4 is 29.5 Å². The molecule has 124 valence electrons. The number of hydrogen-bond donors (Lipinski definition) is 2. The van der Waals surface area contributed by atoms with Crippen molar-refractivity contribution in [3.05, 3.63) is 0 Å². The topological polar surface area (TPSA) is 86.7 Å². The molecular weight excluding hydrogens is 325 g/mol. The summed E-state index contributed by atoms with van der Waals surface area (Å²) in [7, 11) is 0. The summed E-state index contributed by atoms with van der Waals surface area (Å²) in [5, 5.41) is 11.7. The van der Waals surface area contributed by atoms with E-state index in [0.717, 1.165) is 0 Å².